The second kappa shape index (κ2) is 11.4. The zero-order valence-corrected chi connectivity index (χ0v) is 22.8. The molecule has 4 aromatic rings. The van der Waals surface area contributed by atoms with Crippen LogP contribution in [0.25, 0.3) is 0 Å². The molecule has 0 bridgehead atoms. The van der Waals surface area contributed by atoms with Gasteiger partial charge in [-0.2, -0.15) is 4.98 Å². The molecule has 0 spiro atoms. The number of aryl methyl sites for hydroxylation is 1. The molecule has 1 aliphatic heterocycles. The first-order valence-corrected chi connectivity index (χ1v) is 12.6. The Balaban J connectivity index is 1.59. The molecule has 3 aromatic carbocycles. The molecule has 1 N–H and O–H groups in total. The van der Waals surface area contributed by atoms with Gasteiger partial charge in [0.2, 0.25) is 5.95 Å². The average Bonchev–Trinajstić information content (AvgIpc) is 2.99. The van der Waals surface area contributed by atoms with E-state index in [1.807, 2.05) is 0 Å². The van der Waals surface area contributed by atoms with Crippen LogP contribution in [0.3, 0.4) is 0 Å². The standard InChI is InChI=1S/C28H25N7O7/c1-17-6-4-9-24(35(39)40)25(17)30-27-29-14-19-16-32(21-11-22(41-2)13-23(12-21)42-3)28(36)33(26(19)31-27)15-18-7-5-8-20(10-18)34(37)38/h4-14H,15-16H2,1-3H3,(H,29,30,31). The Bertz CT molecular complexity index is 1690. The van der Waals surface area contributed by atoms with Crippen molar-refractivity contribution in [2.75, 3.05) is 29.3 Å². The zero-order valence-electron chi connectivity index (χ0n) is 22.8. The van der Waals surface area contributed by atoms with E-state index in [-0.39, 0.29) is 41.9 Å². The van der Waals surface area contributed by atoms with E-state index in [9.17, 15) is 25.0 Å². The lowest BCUT2D eigenvalue weighted by molar-refractivity contribution is -0.384. The summed E-state index contributed by atoms with van der Waals surface area (Å²) in [5.74, 6) is 1.25. The summed E-state index contributed by atoms with van der Waals surface area (Å²) in [5.41, 5.74) is 2.11. The fourth-order valence-electron chi connectivity index (χ4n) is 4.60. The Labute approximate surface area is 239 Å². The van der Waals surface area contributed by atoms with Crippen LogP contribution in [0.5, 0.6) is 11.5 Å². The number of rotatable bonds is 9. The molecular formula is C28H25N7O7. The van der Waals surface area contributed by atoms with Crippen LogP contribution >= 0.6 is 0 Å². The van der Waals surface area contributed by atoms with Crippen molar-refractivity contribution in [3.63, 3.8) is 0 Å². The Hall–Kier alpha value is -5.79. The molecule has 0 fully saturated rings. The highest BCUT2D eigenvalue weighted by Crippen LogP contribution is 2.37. The van der Waals surface area contributed by atoms with Crippen molar-refractivity contribution in [3.05, 3.63) is 104 Å². The number of benzene rings is 3. The number of aromatic nitrogens is 2. The van der Waals surface area contributed by atoms with Crippen LogP contribution in [0, 0.1) is 27.2 Å². The first kappa shape index (κ1) is 27.8. The van der Waals surface area contributed by atoms with Gasteiger partial charge < -0.3 is 14.8 Å². The summed E-state index contributed by atoms with van der Waals surface area (Å²) in [6, 6.07) is 15.2. The van der Waals surface area contributed by atoms with Crippen LogP contribution in [0.4, 0.5) is 39.3 Å². The molecule has 0 aliphatic carbocycles. The number of amides is 2. The van der Waals surface area contributed by atoms with Gasteiger partial charge in [0.25, 0.3) is 11.4 Å². The van der Waals surface area contributed by atoms with Crippen molar-refractivity contribution in [2.24, 2.45) is 0 Å². The van der Waals surface area contributed by atoms with Crippen molar-refractivity contribution in [3.8, 4) is 11.5 Å². The van der Waals surface area contributed by atoms with Crippen LogP contribution in [-0.2, 0) is 13.1 Å². The largest absolute Gasteiger partial charge is 0.497 e. The predicted molar refractivity (Wildman–Crippen MR) is 154 cm³/mol. The van der Waals surface area contributed by atoms with Gasteiger partial charge in [-0.05, 0) is 18.1 Å². The molecule has 14 nitrogen and oxygen atoms in total. The van der Waals surface area contributed by atoms with Gasteiger partial charge in [0, 0.05) is 48.2 Å². The summed E-state index contributed by atoms with van der Waals surface area (Å²) < 4.78 is 10.8. The van der Waals surface area contributed by atoms with Crippen LogP contribution < -0.4 is 24.6 Å². The van der Waals surface area contributed by atoms with E-state index in [2.05, 4.69) is 15.3 Å². The maximum atomic E-state index is 14.0. The number of carbonyl (C=O) groups is 1. The van der Waals surface area contributed by atoms with Gasteiger partial charge in [0.05, 0.1) is 42.8 Å². The zero-order chi connectivity index (χ0) is 30.0. The summed E-state index contributed by atoms with van der Waals surface area (Å²) in [6.45, 7) is 1.76. The van der Waals surface area contributed by atoms with E-state index < -0.39 is 15.9 Å². The second-order valence-electron chi connectivity index (χ2n) is 9.35. The topological polar surface area (TPSA) is 166 Å². The summed E-state index contributed by atoms with van der Waals surface area (Å²) >= 11 is 0. The number of carbonyl (C=O) groups excluding carboxylic acids is 1. The highest BCUT2D eigenvalue weighted by atomic mass is 16.6. The fourth-order valence-corrected chi connectivity index (χ4v) is 4.60. The molecule has 42 heavy (non-hydrogen) atoms. The highest BCUT2D eigenvalue weighted by molar-refractivity contribution is 6.05. The van der Waals surface area contributed by atoms with Crippen LogP contribution in [-0.4, -0.2) is 40.1 Å². The highest BCUT2D eigenvalue weighted by Gasteiger charge is 2.34. The maximum absolute atomic E-state index is 14.0. The van der Waals surface area contributed by atoms with E-state index in [1.54, 1.807) is 43.3 Å². The number of urea groups is 1. The molecule has 1 aliphatic rings. The minimum Gasteiger partial charge on any atom is -0.497 e. The number of hydrogen-bond donors (Lipinski definition) is 1. The molecule has 0 unspecified atom stereocenters. The number of non-ortho nitro benzene ring substituents is 1. The van der Waals surface area contributed by atoms with Crippen molar-refractivity contribution in [1.29, 1.82) is 0 Å². The normalized spacial score (nSPS) is 12.5. The van der Waals surface area contributed by atoms with Crippen molar-refractivity contribution in [1.82, 2.24) is 9.97 Å². The smallest absolute Gasteiger partial charge is 0.330 e. The number of methoxy groups -OCH3 is 2. The summed E-state index contributed by atoms with van der Waals surface area (Å²) in [7, 11) is 3.00. The molecule has 2 amide bonds. The van der Waals surface area contributed by atoms with Gasteiger partial charge in [0.15, 0.2) is 0 Å². The Morgan fingerprint density at radius 1 is 0.976 bits per heavy atom. The van der Waals surface area contributed by atoms with E-state index in [0.29, 0.717) is 33.9 Å². The minimum absolute atomic E-state index is 0.0412. The monoisotopic (exact) mass is 571 g/mol. The molecular weight excluding hydrogens is 546 g/mol. The minimum atomic E-state index is -0.510. The lowest BCUT2D eigenvalue weighted by Crippen LogP contribution is -2.47. The number of nitro groups is 2. The Morgan fingerprint density at radius 3 is 2.36 bits per heavy atom. The number of para-hydroxylation sites is 1. The van der Waals surface area contributed by atoms with Gasteiger partial charge >= 0.3 is 6.03 Å². The number of ether oxygens (including phenoxy) is 2. The maximum Gasteiger partial charge on any atom is 0.330 e. The van der Waals surface area contributed by atoms with Crippen LogP contribution in [0.1, 0.15) is 16.7 Å². The third-order valence-electron chi connectivity index (χ3n) is 6.68. The Morgan fingerprint density at radius 2 is 1.69 bits per heavy atom. The molecule has 5 rings (SSSR count). The van der Waals surface area contributed by atoms with Crippen molar-refractivity contribution in [2.45, 2.75) is 20.0 Å². The number of nitrogens with one attached hydrogen (secondary N) is 1. The number of nitrogens with zero attached hydrogens (tertiary/aromatic N) is 6. The van der Waals surface area contributed by atoms with E-state index in [4.69, 9.17) is 9.47 Å². The first-order chi connectivity index (χ1) is 20.2. The molecule has 214 valence electrons. The molecule has 2 heterocycles. The van der Waals surface area contributed by atoms with Crippen molar-refractivity contribution < 1.29 is 24.1 Å². The van der Waals surface area contributed by atoms with Crippen LogP contribution in [0.2, 0.25) is 0 Å². The summed E-state index contributed by atoms with van der Waals surface area (Å²) in [6.07, 6.45) is 1.53. The molecule has 0 saturated heterocycles. The summed E-state index contributed by atoms with van der Waals surface area (Å²) in [5, 5.41) is 26.0. The third-order valence-corrected chi connectivity index (χ3v) is 6.68. The molecule has 14 heteroatoms. The lowest BCUT2D eigenvalue weighted by Gasteiger charge is -2.36. The van der Waals surface area contributed by atoms with E-state index in [1.165, 1.54) is 54.5 Å². The third kappa shape index (κ3) is 5.45. The molecule has 0 radical (unpaired) electrons. The number of fused-ring (bicyclic) bond motifs is 1. The SMILES string of the molecule is COc1cc(OC)cc(N2Cc3cnc(Nc4c(C)cccc4[N+](=O)[O-])nc3N(Cc3cccc([N+](=O)[O-])c3)C2=O)c1. The van der Waals surface area contributed by atoms with Gasteiger partial charge in [-0.1, -0.05) is 24.3 Å². The van der Waals surface area contributed by atoms with E-state index >= 15 is 0 Å². The number of nitro benzene ring substituents is 2. The van der Waals surface area contributed by atoms with Crippen molar-refractivity contribution >= 4 is 40.5 Å². The van der Waals surface area contributed by atoms with Gasteiger partial charge in [-0.25, -0.2) is 9.78 Å². The fraction of sp³-hybridized carbons (Fsp3) is 0.179. The van der Waals surface area contributed by atoms with E-state index in [0.717, 1.165) is 0 Å². The van der Waals surface area contributed by atoms with Gasteiger partial charge in [-0.3, -0.25) is 30.0 Å². The van der Waals surface area contributed by atoms with Gasteiger partial charge in [-0.15, -0.1) is 0 Å². The molecule has 0 saturated carbocycles. The number of anilines is 4. The van der Waals surface area contributed by atoms with Gasteiger partial charge in [0.1, 0.15) is 23.0 Å². The molecule has 0 atom stereocenters. The van der Waals surface area contributed by atoms with Crippen LogP contribution in [0.15, 0.2) is 66.9 Å². The average molecular weight is 572 g/mol. The lowest BCUT2D eigenvalue weighted by atomic mass is 10.1. The Kier molecular flexibility index (Phi) is 7.51. The number of hydrogen-bond acceptors (Lipinski definition) is 10. The summed E-state index contributed by atoms with van der Waals surface area (Å²) in [4.78, 5) is 47.9. The second-order valence-corrected chi connectivity index (χ2v) is 9.35. The quantitative estimate of drug-likeness (QED) is 0.200. The molecule has 1 aromatic heterocycles. The predicted octanol–water partition coefficient (Wildman–Crippen LogP) is 5.51. The first-order valence-electron chi connectivity index (χ1n) is 12.6.